The van der Waals surface area contributed by atoms with Crippen LogP contribution in [0.4, 0.5) is 5.82 Å². The molecule has 6 heteroatoms. The number of rotatable bonds is 4. The first-order valence-electron chi connectivity index (χ1n) is 9.08. The molecule has 24 heavy (non-hydrogen) atoms. The summed E-state index contributed by atoms with van der Waals surface area (Å²) in [5.41, 5.74) is 0. The van der Waals surface area contributed by atoms with Crippen LogP contribution in [-0.4, -0.2) is 66.0 Å². The molecule has 132 valence electrons. The quantitative estimate of drug-likeness (QED) is 0.786. The lowest BCUT2D eigenvalue weighted by atomic mass is 10.00. The van der Waals surface area contributed by atoms with Crippen LogP contribution in [0.25, 0.3) is 0 Å². The molecular weight excluding hydrogens is 368 g/mol. The Morgan fingerprint density at radius 3 is 2.67 bits per heavy atom. The van der Waals surface area contributed by atoms with Crippen molar-refractivity contribution in [2.75, 3.05) is 44.2 Å². The minimum Gasteiger partial charge on any atom is -0.353 e. The molecule has 0 aliphatic carbocycles. The summed E-state index contributed by atoms with van der Waals surface area (Å²) < 4.78 is 0.994. The molecule has 2 aliphatic heterocycles. The second kappa shape index (κ2) is 8.30. The largest absolute Gasteiger partial charge is 0.353 e. The zero-order valence-electron chi connectivity index (χ0n) is 14.5. The Morgan fingerprint density at radius 1 is 1.21 bits per heavy atom. The Bertz CT molecular complexity index is 540. The van der Waals surface area contributed by atoms with Gasteiger partial charge in [-0.25, -0.2) is 4.98 Å². The molecule has 1 aromatic heterocycles. The highest BCUT2D eigenvalue weighted by Crippen LogP contribution is 2.21. The third-order valence-electron chi connectivity index (χ3n) is 5.04. The molecule has 2 saturated heterocycles. The number of hydrogen-bond acceptors (Lipinski definition) is 4. The van der Waals surface area contributed by atoms with Crippen LogP contribution in [0.3, 0.4) is 0 Å². The fourth-order valence-corrected chi connectivity index (χ4v) is 3.98. The van der Waals surface area contributed by atoms with E-state index < -0.39 is 0 Å². The fraction of sp³-hybridized carbons (Fsp3) is 0.667. The molecule has 3 rings (SSSR count). The van der Waals surface area contributed by atoms with E-state index in [4.69, 9.17) is 0 Å². The third kappa shape index (κ3) is 4.09. The van der Waals surface area contributed by atoms with Gasteiger partial charge in [-0.15, -0.1) is 0 Å². The number of halogens is 1. The first kappa shape index (κ1) is 17.7. The topological polar surface area (TPSA) is 39.7 Å². The van der Waals surface area contributed by atoms with E-state index in [9.17, 15) is 4.79 Å². The van der Waals surface area contributed by atoms with Crippen LogP contribution in [0.2, 0.25) is 0 Å². The van der Waals surface area contributed by atoms with E-state index in [1.54, 1.807) is 0 Å². The Balaban J connectivity index is 1.57. The average molecular weight is 395 g/mol. The van der Waals surface area contributed by atoms with Gasteiger partial charge in [0, 0.05) is 36.8 Å². The summed E-state index contributed by atoms with van der Waals surface area (Å²) in [6.45, 7) is 7.63. The van der Waals surface area contributed by atoms with Gasteiger partial charge in [-0.1, -0.05) is 13.3 Å². The van der Waals surface area contributed by atoms with Gasteiger partial charge in [0.2, 0.25) is 5.91 Å². The highest BCUT2D eigenvalue weighted by molar-refractivity contribution is 9.10. The molecule has 3 heterocycles. The maximum Gasteiger partial charge on any atom is 0.240 e. The van der Waals surface area contributed by atoms with Gasteiger partial charge in [-0.3, -0.25) is 9.69 Å². The minimum atomic E-state index is 0.107. The standard InChI is InChI=1S/C18H27BrN4O/c1-2-8-21-9-4-3-5-16(21)18(24)23-12-10-22(11-13-23)17-7-6-15(19)14-20-17/h6-7,14,16H,2-5,8-13H2,1H3. The first-order chi connectivity index (χ1) is 11.7. The molecule has 0 aromatic carbocycles. The van der Waals surface area contributed by atoms with Crippen LogP contribution in [0.15, 0.2) is 22.8 Å². The number of amides is 1. The van der Waals surface area contributed by atoms with Crippen molar-refractivity contribution in [1.82, 2.24) is 14.8 Å². The van der Waals surface area contributed by atoms with Crippen molar-refractivity contribution in [1.29, 1.82) is 0 Å². The zero-order valence-corrected chi connectivity index (χ0v) is 16.0. The number of nitrogens with zero attached hydrogens (tertiary/aromatic N) is 4. The van der Waals surface area contributed by atoms with Crippen molar-refractivity contribution in [3.8, 4) is 0 Å². The molecule has 1 aromatic rings. The molecule has 2 fully saturated rings. The van der Waals surface area contributed by atoms with Crippen molar-refractivity contribution >= 4 is 27.7 Å². The van der Waals surface area contributed by atoms with Crippen LogP contribution in [0, 0.1) is 0 Å². The Hall–Kier alpha value is -1.14. The van der Waals surface area contributed by atoms with Crippen LogP contribution in [0.5, 0.6) is 0 Å². The number of carbonyl (C=O) groups is 1. The maximum atomic E-state index is 13.0. The van der Waals surface area contributed by atoms with Crippen LogP contribution < -0.4 is 4.90 Å². The molecule has 0 bridgehead atoms. The molecule has 0 N–H and O–H groups in total. The van der Waals surface area contributed by atoms with Crippen LogP contribution >= 0.6 is 15.9 Å². The highest BCUT2D eigenvalue weighted by atomic mass is 79.9. The second-order valence-corrected chi connectivity index (χ2v) is 7.61. The second-order valence-electron chi connectivity index (χ2n) is 6.69. The van der Waals surface area contributed by atoms with E-state index >= 15 is 0 Å². The number of piperidine rings is 1. The predicted octanol–water partition coefficient (Wildman–Crippen LogP) is 2.76. The number of piperazine rings is 1. The number of aromatic nitrogens is 1. The number of likely N-dealkylation sites (tertiary alicyclic amines) is 1. The van der Waals surface area contributed by atoms with Crippen LogP contribution in [-0.2, 0) is 4.79 Å². The lowest BCUT2D eigenvalue weighted by Crippen LogP contribution is -2.56. The summed E-state index contributed by atoms with van der Waals surface area (Å²) >= 11 is 3.42. The molecule has 0 spiro atoms. The van der Waals surface area contributed by atoms with Crippen molar-refractivity contribution in [2.45, 2.75) is 38.6 Å². The van der Waals surface area contributed by atoms with E-state index in [1.807, 2.05) is 18.3 Å². The monoisotopic (exact) mass is 394 g/mol. The molecule has 2 aliphatic rings. The van der Waals surface area contributed by atoms with E-state index in [-0.39, 0.29) is 6.04 Å². The lowest BCUT2D eigenvalue weighted by molar-refractivity contribution is -0.138. The SMILES string of the molecule is CCCN1CCCCC1C(=O)N1CCN(c2ccc(Br)cn2)CC1. The Labute approximate surface area is 153 Å². The van der Waals surface area contributed by atoms with Gasteiger partial charge in [0.15, 0.2) is 0 Å². The Morgan fingerprint density at radius 2 is 2.00 bits per heavy atom. The molecule has 0 radical (unpaired) electrons. The minimum absolute atomic E-state index is 0.107. The van der Waals surface area contributed by atoms with Gasteiger partial charge in [-0.2, -0.15) is 0 Å². The summed E-state index contributed by atoms with van der Waals surface area (Å²) in [6.07, 6.45) is 6.38. The molecular formula is C18H27BrN4O. The third-order valence-corrected chi connectivity index (χ3v) is 5.51. The molecule has 1 atom stereocenters. The number of anilines is 1. The summed E-state index contributed by atoms with van der Waals surface area (Å²) in [4.78, 5) is 24.2. The summed E-state index contributed by atoms with van der Waals surface area (Å²) in [7, 11) is 0. The predicted molar refractivity (Wildman–Crippen MR) is 100 cm³/mol. The first-order valence-corrected chi connectivity index (χ1v) is 9.87. The van der Waals surface area contributed by atoms with E-state index in [0.717, 1.165) is 62.4 Å². The van der Waals surface area contributed by atoms with Gasteiger partial charge >= 0.3 is 0 Å². The molecule has 5 nitrogen and oxygen atoms in total. The Kier molecular flexibility index (Phi) is 6.11. The van der Waals surface area contributed by atoms with Crippen molar-refractivity contribution in [2.24, 2.45) is 0 Å². The van der Waals surface area contributed by atoms with Crippen molar-refractivity contribution in [3.63, 3.8) is 0 Å². The van der Waals surface area contributed by atoms with Gasteiger partial charge < -0.3 is 9.80 Å². The van der Waals surface area contributed by atoms with Gasteiger partial charge in [0.25, 0.3) is 0 Å². The average Bonchev–Trinajstić information content (AvgIpc) is 2.63. The molecule has 1 unspecified atom stereocenters. The smallest absolute Gasteiger partial charge is 0.240 e. The zero-order chi connectivity index (χ0) is 16.9. The number of hydrogen-bond donors (Lipinski definition) is 0. The van der Waals surface area contributed by atoms with Gasteiger partial charge in [0.05, 0.1) is 6.04 Å². The molecule has 1 amide bonds. The lowest BCUT2D eigenvalue weighted by Gasteiger charge is -2.41. The number of carbonyl (C=O) groups excluding carboxylic acids is 1. The molecule has 0 saturated carbocycles. The van der Waals surface area contributed by atoms with Crippen molar-refractivity contribution < 1.29 is 4.79 Å². The fourth-order valence-electron chi connectivity index (χ4n) is 3.75. The van der Waals surface area contributed by atoms with Crippen molar-refractivity contribution in [3.05, 3.63) is 22.8 Å². The van der Waals surface area contributed by atoms with E-state index in [1.165, 1.54) is 12.8 Å². The summed E-state index contributed by atoms with van der Waals surface area (Å²) in [5.74, 6) is 1.34. The number of pyridine rings is 1. The van der Waals surface area contributed by atoms with E-state index in [2.05, 4.69) is 42.5 Å². The summed E-state index contributed by atoms with van der Waals surface area (Å²) in [6, 6.07) is 4.16. The van der Waals surface area contributed by atoms with Crippen LogP contribution in [0.1, 0.15) is 32.6 Å². The highest BCUT2D eigenvalue weighted by Gasteiger charge is 2.32. The normalized spacial score (nSPS) is 22.7. The maximum absolute atomic E-state index is 13.0. The van der Waals surface area contributed by atoms with Gasteiger partial charge in [0.1, 0.15) is 5.82 Å². The van der Waals surface area contributed by atoms with Gasteiger partial charge in [-0.05, 0) is 60.4 Å². The van der Waals surface area contributed by atoms with E-state index in [0.29, 0.717) is 5.91 Å². The summed E-state index contributed by atoms with van der Waals surface area (Å²) in [5, 5.41) is 0.